The molecule has 0 aromatic heterocycles. The number of hydrogen-bond acceptors (Lipinski definition) is 3. The summed E-state index contributed by atoms with van der Waals surface area (Å²) in [5, 5.41) is 3.83. The maximum atomic E-state index is 12.4. The fraction of sp³-hybridized carbons (Fsp3) is 0.381. The summed E-state index contributed by atoms with van der Waals surface area (Å²) in [6, 6.07) is 16.0. The Morgan fingerprint density at radius 3 is 2.35 bits per heavy atom. The van der Waals surface area contributed by atoms with Crippen LogP contribution in [0.2, 0.25) is 5.02 Å². The number of rotatable bonds is 6. The summed E-state index contributed by atoms with van der Waals surface area (Å²) in [4.78, 5) is 17.0. The molecule has 0 bridgehead atoms. The Bertz CT molecular complexity index is 724. The van der Waals surface area contributed by atoms with Crippen LogP contribution in [0.3, 0.4) is 0 Å². The van der Waals surface area contributed by atoms with Gasteiger partial charge in [-0.05, 0) is 35.7 Å². The summed E-state index contributed by atoms with van der Waals surface area (Å²) in [6.45, 7) is 7.26. The smallest absolute Gasteiger partial charge is 0.238 e. The van der Waals surface area contributed by atoms with Crippen molar-refractivity contribution in [3.63, 3.8) is 0 Å². The lowest BCUT2D eigenvalue weighted by molar-refractivity contribution is -0.117. The lowest BCUT2D eigenvalue weighted by atomic mass is 10.1. The van der Waals surface area contributed by atoms with Crippen LogP contribution in [-0.4, -0.2) is 48.4 Å². The van der Waals surface area contributed by atoms with E-state index in [1.807, 2.05) is 30.3 Å². The lowest BCUT2D eigenvalue weighted by Gasteiger charge is -2.34. The Morgan fingerprint density at radius 1 is 1.00 bits per heavy atom. The number of nitrogens with zero attached hydrogens (tertiary/aromatic N) is 2. The second-order valence-corrected chi connectivity index (χ2v) is 7.17. The van der Waals surface area contributed by atoms with E-state index in [-0.39, 0.29) is 5.91 Å². The highest BCUT2D eigenvalue weighted by Gasteiger charge is 2.19. The van der Waals surface area contributed by atoms with Crippen molar-refractivity contribution in [2.75, 3.05) is 38.0 Å². The number of anilines is 1. The van der Waals surface area contributed by atoms with Crippen LogP contribution in [0.4, 0.5) is 5.69 Å². The number of halogens is 1. The highest BCUT2D eigenvalue weighted by molar-refractivity contribution is 6.30. The van der Waals surface area contributed by atoms with Crippen molar-refractivity contribution in [3.05, 3.63) is 64.7 Å². The van der Waals surface area contributed by atoms with Gasteiger partial charge >= 0.3 is 0 Å². The molecular weight excluding hydrogens is 346 g/mol. The van der Waals surface area contributed by atoms with E-state index in [0.29, 0.717) is 6.54 Å². The van der Waals surface area contributed by atoms with Gasteiger partial charge in [0.15, 0.2) is 0 Å². The Balaban J connectivity index is 1.44. The topological polar surface area (TPSA) is 35.6 Å². The molecule has 2 aromatic carbocycles. The summed E-state index contributed by atoms with van der Waals surface area (Å²) in [7, 11) is 0. The zero-order valence-electron chi connectivity index (χ0n) is 15.2. The Hall–Kier alpha value is -1.88. The van der Waals surface area contributed by atoms with Crippen molar-refractivity contribution in [3.8, 4) is 0 Å². The number of hydrogen-bond donors (Lipinski definition) is 1. The molecule has 5 heteroatoms. The molecule has 0 aliphatic carbocycles. The van der Waals surface area contributed by atoms with Crippen LogP contribution < -0.4 is 5.32 Å². The van der Waals surface area contributed by atoms with Crippen LogP contribution in [-0.2, 0) is 17.8 Å². The number of nitrogens with one attached hydrogen (secondary N) is 1. The second-order valence-electron chi connectivity index (χ2n) is 6.74. The molecule has 1 fully saturated rings. The fourth-order valence-electron chi connectivity index (χ4n) is 3.30. The summed E-state index contributed by atoms with van der Waals surface area (Å²) < 4.78 is 0. The second kappa shape index (κ2) is 9.17. The molecule has 0 unspecified atom stereocenters. The van der Waals surface area contributed by atoms with Gasteiger partial charge < -0.3 is 5.32 Å². The normalized spacial score (nSPS) is 15.8. The van der Waals surface area contributed by atoms with Crippen LogP contribution in [0.1, 0.15) is 18.1 Å². The standard InChI is InChI=1S/C21H26ClN3O/c1-2-18-5-3-4-6-20(18)23-21(26)16-25-13-11-24(12-14-25)15-17-7-9-19(22)10-8-17/h3-10H,2,11-16H2,1H3,(H,23,26). The van der Waals surface area contributed by atoms with Gasteiger partial charge in [-0.2, -0.15) is 0 Å². The number of piperazine rings is 1. The third-order valence-corrected chi connectivity index (χ3v) is 5.08. The van der Waals surface area contributed by atoms with E-state index >= 15 is 0 Å². The van der Waals surface area contributed by atoms with Gasteiger partial charge in [0, 0.05) is 43.4 Å². The van der Waals surface area contributed by atoms with Crippen molar-refractivity contribution >= 4 is 23.2 Å². The Labute approximate surface area is 160 Å². The molecule has 1 amide bonds. The van der Waals surface area contributed by atoms with Gasteiger partial charge in [0.1, 0.15) is 0 Å². The van der Waals surface area contributed by atoms with Crippen molar-refractivity contribution in [1.29, 1.82) is 0 Å². The minimum atomic E-state index is 0.0667. The molecule has 0 spiro atoms. The van der Waals surface area contributed by atoms with E-state index < -0.39 is 0 Å². The van der Waals surface area contributed by atoms with E-state index in [2.05, 4.69) is 40.2 Å². The highest BCUT2D eigenvalue weighted by Crippen LogP contribution is 2.16. The quantitative estimate of drug-likeness (QED) is 0.841. The first-order valence-corrected chi connectivity index (χ1v) is 9.58. The zero-order chi connectivity index (χ0) is 18.4. The van der Waals surface area contributed by atoms with Gasteiger partial charge in [0.2, 0.25) is 5.91 Å². The van der Waals surface area contributed by atoms with Gasteiger partial charge in [-0.15, -0.1) is 0 Å². The van der Waals surface area contributed by atoms with Crippen LogP contribution in [0, 0.1) is 0 Å². The number of carbonyl (C=O) groups excluding carboxylic acids is 1. The summed E-state index contributed by atoms with van der Waals surface area (Å²) in [5.74, 6) is 0.0667. The third kappa shape index (κ3) is 5.31. The van der Waals surface area contributed by atoms with E-state index in [1.54, 1.807) is 0 Å². The van der Waals surface area contributed by atoms with Crippen LogP contribution in [0.15, 0.2) is 48.5 Å². The van der Waals surface area contributed by atoms with Crippen LogP contribution in [0.25, 0.3) is 0 Å². The zero-order valence-corrected chi connectivity index (χ0v) is 16.0. The molecule has 1 N–H and O–H groups in total. The summed E-state index contributed by atoms with van der Waals surface area (Å²) >= 11 is 5.94. The van der Waals surface area contributed by atoms with Gasteiger partial charge in [-0.25, -0.2) is 0 Å². The van der Waals surface area contributed by atoms with Crippen molar-refractivity contribution < 1.29 is 4.79 Å². The van der Waals surface area contributed by atoms with E-state index in [0.717, 1.165) is 49.9 Å². The predicted octanol–water partition coefficient (Wildman–Crippen LogP) is 3.66. The van der Waals surface area contributed by atoms with Crippen molar-refractivity contribution in [2.45, 2.75) is 19.9 Å². The third-order valence-electron chi connectivity index (χ3n) is 4.82. The molecule has 4 nitrogen and oxygen atoms in total. The molecule has 26 heavy (non-hydrogen) atoms. The van der Waals surface area contributed by atoms with Crippen molar-refractivity contribution in [1.82, 2.24) is 9.80 Å². The van der Waals surface area contributed by atoms with Crippen LogP contribution in [0.5, 0.6) is 0 Å². The van der Waals surface area contributed by atoms with Gasteiger partial charge in [-0.1, -0.05) is 48.9 Å². The first-order chi connectivity index (χ1) is 12.6. The van der Waals surface area contributed by atoms with Gasteiger partial charge in [0.05, 0.1) is 6.54 Å². The molecule has 0 radical (unpaired) electrons. The van der Waals surface area contributed by atoms with E-state index in [4.69, 9.17) is 11.6 Å². The maximum Gasteiger partial charge on any atom is 0.238 e. The molecule has 1 aliphatic heterocycles. The molecule has 1 heterocycles. The summed E-state index contributed by atoms with van der Waals surface area (Å²) in [6.07, 6.45) is 0.916. The van der Waals surface area contributed by atoms with E-state index in [9.17, 15) is 4.79 Å². The first kappa shape index (κ1) is 18.9. The molecule has 0 atom stereocenters. The molecule has 1 aliphatic rings. The van der Waals surface area contributed by atoms with Crippen LogP contribution >= 0.6 is 11.6 Å². The molecule has 0 saturated carbocycles. The largest absolute Gasteiger partial charge is 0.325 e. The number of amides is 1. The number of aryl methyl sites for hydroxylation is 1. The molecule has 3 rings (SSSR count). The number of para-hydroxylation sites is 1. The SMILES string of the molecule is CCc1ccccc1NC(=O)CN1CCN(Cc2ccc(Cl)cc2)CC1. The van der Waals surface area contributed by atoms with Gasteiger partial charge in [0.25, 0.3) is 0 Å². The van der Waals surface area contributed by atoms with E-state index in [1.165, 1.54) is 11.1 Å². The average molecular weight is 372 g/mol. The minimum absolute atomic E-state index is 0.0667. The molecule has 2 aromatic rings. The molecule has 1 saturated heterocycles. The molecular formula is C21H26ClN3O. The Kier molecular flexibility index (Phi) is 6.67. The lowest BCUT2D eigenvalue weighted by Crippen LogP contribution is -2.48. The highest BCUT2D eigenvalue weighted by atomic mass is 35.5. The average Bonchev–Trinajstić information content (AvgIpc) is 2.65. The summed E-state index contributed by atoms with van der Waals surface area (Å²) in [5.41, 5.74) is 3.38. The maximum absolute atomic E-state index is 12.4. The first-order valence-electron chi connectivity index (χ1n) is 9.21. The van der Waals surface area contributed by atoms with Crippen molar-refractivity contribution in [2.24, 2.45) is 0 Å². The number of benzene rings is 2. The predicted molar refractivity (Wildman–Crippen MR) is 108 cm³/mol. The van der Waals surface area contributed by atoms with Gasteiger partial charge in [-0.3, -0.25) is 14.6 Å². The fourth-order valence-corrected chi connectivity index (χ4v) is 3.42. The molecule has 138 valence electrons. The number of carbonyl (C=O) groups is 1. The monoisotopic (exact) mass is 371 g/mol. The Morgan fingerprint density at radius 2 is 1.65 bits per heavy atom. The minimum Gasteiger partial charge on any atom is -0.325 e.